The fraction of sp³-hybridized carbons (Fsp3) is 0.385. The Morgan fingerprint density at radius 1 is 1.15 bits per heavy atom. The van der Waals surface area contributed by atoms with Gasteiger partial charge in [-0.05, 0) is 54.2 Å². The van der Waals surface area contributed by atoms with Gasteiger partial charge in [0, 0.05) is 30.9 Å². The van der Waals surface area contributed by atoms with Crippen molar-refractivity contribution in [2.45, 2.75) is 44.6 Å². The van der Waals surface area contributed by atoms with Crippen LogP contribution < -0.4 is 9.47 Å². The summed E-state index contributed by atoms with van der Waals surface area (Å²) in [5.74, 6) is 0.617. The lowest BCUT2D eigenvalue weighted by atomic mass is 9.85. The van der Waals surface area contributed by atoms with E-state index in [-0.39, 0.29) is 5.76 Å². The van der Waals surface area contributed by atoms with Crippen molar-refractivity contribution < 1.29 is 28.5 Å². The lowest BCUT2D eigenvalue weighted by molar-refractivity contribution is -0.00172. The number of carbonyl (C=O) groups is 1. The number of rotatable bonds is 10. The minimum Gasteiger partial charge on any atom is -0.490 e. The second-order valence-electron chi connectivity index (χ2n) is 8.51. The molecule has 1 saturated heterocycles. The zero-order valence-corrected chi connectivity index (χ0v) is 19.0. The van der Waals surface area contributed by atoms with Crippen LogP contribution in [0.3, 0.4) is 0 Å². The van der Waals surface area contributed by atoms with E-state index in [9.17, 15) is 9.90 Å². The second-order valence-corrected chi connectivity index (χ2v) is 8.51. The Morgan fingerprint density at radius 2 is 1.94 bits per heavy atom. The summed E-state index contributed by atoms with van der Waals surface area (Å²) in [7, 11) is 0. The van der Waals surface area contributed by atoms with Gasteiger partial charge in [0.15, 0.2) is 0 Å². The normalized spacial score (nSPS) is 17.9. The van der Waals surface area contributed by atoms with Gasteiger partial charge in [0.25, 0.3) is 0 Å². The molecule has 1 fully saturated rings. The first-order valence-corrected chi connectivity index (χ1v) is 11.2. The Labute approximate surface area is 193 Å². The third kappa shape index (κ3) is 5.37. The van der Waals surface area contributed by atoms with Crippen LogP contribution >= 0.6 is 0 Å². The molecule has 7 heteroatoms. The number of benzene rings is 1. The van der Waals surface area contributed by atoms with Crippen molar-refractivity contribution in [2.24, 2.45) is 0 Å². The maximum Gasteiger partial charge on any atom is 0.372 e. The van der Waals surface area contributed by atoms with E-state index in [1.54, 1.807) is 12.3 Å². The number of aromatic nitrogens is 1. The molecule has 1 aromatic carbocycles. The molecular weight excluding hydrogens is 422 g/mol. The number of ether oxygens (including phenoxy) is 3. The van der Waals surface area contributed by atoms with Crippen LogP contribution in [0.5, 0.6) is 11.6 Å². The van der Waals surface area contributed by atoms with Crippen molar-refractivity contribution in [2.75, 3.05) is 19.8 Å². The maximum atomic E-state index is 11.6. The fourth-order valence-corrected chi connectivity index (χ4v) is 4.20. The summed E-state index contributed by atoms with van der Waals surface area (Å²) in [5.41, 5.74) is 2.06. The van der Waals surface area contributed by atoms with Crippen molar-refractivity contribution in [1.82, 2.24) is 4.98 Å². The third-order valence-corrected chi connectivity index (χ3v) is 5.89. The SMILES string of the molecule is CC(C)c1ccc(OCCOc2cc(CC3(c4ccoc4C(=O)O)CCCO3)ccn2)cc1. The van der Waals surface area contributed by atoms with Crippen LogP contribution in [0, 0.1) is 0 Å². The van der Waals surface area contributed by atoms with Gasteiger partial charge in [-0.15, -0.1) is 0 Å². The van der Waals surface area contributed by atoms with E-state index in [0.29, 0.717) is 43.6 Å². The van der Waals surface area contributed by atoms with Crippen LogP contribution in [0.4, 0.5) is 0 Å². The lowest BCUT2D eigenvalue weighted by Crippen LogP contribution is -2.29. The molecule has 3 aromatic rings. The number of hydrogen-bond acceptors (Lipinski definition) is 6. The van der Waals surface area contributed by atoms with Crippen LogP contribution in [0.1, 0.15) is 59.9 Å². The Morgan fingerprint density at radius 3 is 2.64 bits per heavy atom. The minimum atomic E-state index is -1.09. The van der Waals surface area contributed by atoms with E-state index in [1.165, 1.54) is 11.8 Å². The Bertz CT molecular complexity index is 1070. The van der Waals surface area contributed by atoms with Gasteiger partial charge >= 0.3 is 5.97 Å². The highest BCUT2D eigenvalue weighted by atomic mass is 16.5. The van der Waals surface area contributed by atoms with Gasteiger partial charge < -0.3 is 23.7 Å². The van der Waals surface area contributed by atoms with Gasteiger partial charge in [0.1, 0.15) is 24.6 Å². The second kappa shape index (κ2) is 10.1. The highest BCUT2D eigenvalue weighted by Crippen LogP contribution is 2.41. The summed E-state index contributed by atoms with van der Waals surface area (Å²) in [6, 6.07) is 13.5. The first-order valence-electron chi connectivity index (χ1n) is 11.2. The van der Waals surface area contributed by atoms with Crippen molar-refractivity contribution >= 4 is 5.97 Å². The predicted molar refractivity (Wildman–Crippen MR) is 122 cm³/mol. The van der Waals surface area contributed by atoms with Crippen LogP contribution in [-0.2, 0) is 16.8 Å². The zero-order valence-electron chi connectivity index (χ0n) is 19.0. The van der Waals surface area contributed by atoms with Crippen molar-refractivity contribution in [1.29, 1.82) is 0 Å². The lowest BCUT2D eigenvalue weighted by Gasteiger charge is -2.28. The third-order valence-electron chi connectivity index (χ3n) is 5.89. The molecule has 0 bridgehead atoms. The summed E-state index contributed by atoms with van der Waals surface area (Å²) in [4.78, 5) is 15.9. The fourth-order valence-electron chi connectivity index (χ4n) is 4.20. The highest BCUT2D eigenvalue weighted by molar-refractivity contribution is 5.86. The number of carboxylic acids is 1. The molecule has 1 aliphatic heterocycles. The number of carboxylic acid groups (broad SMARTS) is 1. The molecule has 0 aliphatic carbocycles. The molecule has 1 atom stereocenters. The first kappa shape index (κ1) is 22.9. The molecular formula is C26H29NO6. The molecule has 33 heavy (non-hydrogen) atoms. The average molecular weight is 452 g/mol. The van der Waals surface area contributed by atoms with Crippen LogP contribution in [0.15, 0.2) is 59.3 Å². The van der Waals surface area contributed by atoms with Crippen molar-refractivity contribution in [3.05, 3.63) is 77.4 Å². The maximum absolute atomic E-state index is 11.6. The van der Waals surface area contributed by atoms with E-state index >= 15 is 0 Å². The molecule has 0 saturated carbocycles. The first-order chi connectivity index (χ1) is 16.0. The van der Waals surface area contributed by atoms with Gasteiger partial charge in [-0.3, -0.25) is 0 Å². The zero-order chi connectivity index (χ0) is 23.3. The summed E-state index contributed by atoms with van der Waals surface area (Å²) in [5, 5.41) is 9.49. The van der Waals surface area contributed by atoms with E-state index in [4.69, 9.17) is 18.6 Å². The molecule has 3 heterocycles. The van der Waals surface area contributed by atoms with Gasteiger partial charge in [0.05, 0.1) is 6.26 Å². The largest absolute Gasteiger partial charge is 0.490 e. The molecule has 0 radical (unpaired) electrons. The minimum absolute atomic E-state index is 0.0685. The van der Waals surface area contributed by atoms with Crippen molar-refractivity contribution in [3.63, 3.8) is 0 Å². The smallest absolute Gasteiger partial charge is 0.372 e. The predicted octanol–water partition coefficient (Wildman–Crippen LogP) is 5.20. The van der Waals surface area contributed by atoms with Gasteiger partial charge in [-0.1, -0.05) is 26.0 Å². The molecule has 1 aliphatic rings. The quantitative estimate of drug-likeness (QED) is 0.424. The van der Waals surface area contributed by atoms with E-state index < -0.39 is 11.6 Å². The summed E-state index contributed by atoms with van der Waals surface area (Å²) >= 11 is 0. The molecule has 0 amide bonds. The average Bonchev–Trinajstić information content (AvgIpc) is 3.48. The van der Waals surface area contributed by atoms with Gasteiger partial charge in [0.2, 0.25) is 11.6 Å². The standard InChI is InChI=1S/C26H29NO6/c1-18(2)20-4-6-21(7-5-20)30-14-15-31-23-16-19(8-11-27-23)17-26(10-3-12-33-26)22-9-13-32-24(22)25(28)29/h4-9,11,13,16,18H,3,10,12,14-15,17H2,1-2H3,(H,28,29). The van der Waals surface area contributed by atoms with Gasteiger partial charge in [-0.25, -0.2) is 9.78 Å². The van der Waals surface area contributed by atoms with Gasteiger partial charge in [-0.2, -0.15) is 0 Å². The molecule has 1 unspecified atom stereocenters. The number of nitrogens with zero attached hydrogens (tertiary/aromatic N) is 1. The molecule has 4 rings (SSSR count). The number of hydrogen-bond donors (Lipinski definition) is 1. The Kier molecular flexibility index (Phi) is 6.99. The number of pyridine rings is 1. The van der Waals surface area contributed by atoms with Crippen LogP contribution in [-0.4, -0.2) is 35.9 Å². The number of furan rings is 1. The monoisotopic (exact) mass is 451 g/mol. The molecule has 2 aromatic heterocycles. The highest BCUT2D eigenvalue weighted by Gasteiger charge is 2.41. The topological polar surface area (TPSA) is 91.0 Å². The molecule has 1 N–H and O–H groups in total. The molecule has 174 valence electrons. The summed E-state index contributed by atoms with van der Waals surface area (Å²) < 4.78 is 22.9. The number of aromatic carboxylic acids is 1. The van der Waals surface area contributed by atoms with Crippen LogP contribution in [0.2, 0.25) is 0 Å². The summed E-state index contributed by atoms with van der Waals surface area (Å²) in [6.07, 6.45) is 5.17. The van der Waals surface area contributed by atoms with E-state index in [0.717, 1.165) is 24.2 Å². The Hall–Kier alpha value is -3.32. The Balaban J connectivity index is 1.37. The van der Waals surface area contributed by atoms with E-state index in [1.807, 2.05) is 24.3 Å². The van der Waals surface area contributed by atoms with Crippen LogP contribution in [0.25, 0.3) is 0 Å². The summed E-state index contributed by atoms with van der Waals surface area (Å²) in [6.45, 7) is 5.65. The van der Waals surface area contributed by atoms with E-state index in [2.05, 4.69) is 31.0 Å². The molecule has 0 spiro atoms. The van der Waals surface area contributed by atoms with Crippen molar-refractivity contribution in [3.8, 4) is 11.6 Å². The molecule has 7 nitrogen and oxygen atoms in total.